The molecule has 1 amide bonds. The molecular formula is C20H21F3N2O5S. The number of rotatable bonds is 6. The average molecular weight is 458 g/mol. The van der Waals surface area contributed by atoms with Gasteiger partial charge in [0, 0.05) is 7.05 Å². The Labute approximate surface area is 177 Å². The highest BCUT2D eigenvalue weighted by molar-refractivity contribution is 7.89. The third kappa shape index (κ3) is 5.28. The summed E-state index contributed by atoms with van der Waals surface area (Å²) in [5.41, 5.74) is -1.30. The molecule has 168 valence electrons. The van der Waals surface area contributed by atoms with Gasteiger partial charge in [-0.1, -0.05) is 24.3 Å². The second-order valence-corrected chi connectivity index (χ2v) is 8.74. The number of amides is 1. The summed E-state index contributed by atoms with van der Waals surface area (Å²) >= 11 is 0. The van der Waals surface area contributed by atoms with E-state index in [4.69, 9.17) is 9.47 Å². The van der Waals surface area contributed by atoms with Crippen LogP contribution in [0.3, 0.4) is 0 Å². The van der Waals surface area contributed by atoms with E-state index in [1.54, 1.807) is 24.3 Å². The van der Waals surface area contributed by atoms with Crippen LogP contribution in [0.4, 0.5) is 13.2 Å². The van der Waals surface area contributed by atoms with Gasteiger partial charge in [0.2, 0.25) is 15.9 Å². The maximum Gasteiger partial charge on any atom is 0.417 e. The van der Waals surface area contributed by atoms with Crippen LogP contribution in [0.1, 0.15) is 12.5 Å². The molecule has 31 heavy (non-hydrogen) atoms. The van der Waals surface area contributed by atoms with Gasteiger partial charge in [-0.15, -0.1) is 0 Å². The lowest BCUT2D eigenvalue weighted by molar-refractivity contribution is -0.139. The van der Waals surface area contributed by atoms with Crippen molar-refractivity contribution in [1.82, 2.24) is 9.62 Å². The van der Waals surface area contributed by atoms with Crippen LogP contribution in [0, 0.1) is 0 Å². The van der Waals surface area contributed by atoms with Gasteiger partial charge < -0.3 is 14.4 Å². The molecule has 1 N–H and O–H groups in total. The topological polar surface area (TPSA) is 84.9 Å². The van der Waals surface area contributed by atoms with Crippen molar-refractivity contribution in [3.8, 4) is 11.5 Å². The lowest BCUT2D eigenvalue weighted by atomic mass is 10.2. The molecule has 0 spiro atoms. The highest BCUT2D eigenvalue weighted by atomic mass is 32.2. The number of benzene rings is 2. The Kier molecular flexibility index (Phi) is 6.46. The fourth-order valence-corrected chi connectivity index (χ4v) is 4.59. The Morgan fingerprint density at radius 3 is 2.45 bits per heavy atom. The largest absolute Gasteiger partial charge is 0.486 e. The molecule has 1 aliphatic heterocycles. The monoisotopic (exact) mass is 458 g/mol. The third-order valence-corrected chi connectivity index (χ3v) is 6.20. The van der Waals surface area contributed by atoms with E-state index in [0.29, 0.717) is 17.6 Å². The van der Waals surface area contributed by atoms with Crippen LogP contribution < -0.4 is 14.2 Å². The number of halogens is 3. The normalized spacial score (nSPS) is 17.1. The molecule has 2 atom stereocenters. The minimum atomic E-state index is -4.86. The highest BCUT2D eigenvalue weighted by Crippen LogP contribution is 2.34. The van der Waals surface area contributed by atoms with Crippen molar-refractivity contribution in [2.24, 2.45) is 0 Å². The first-order valence-electron chi connectivity index (χ1n) is 9.31. The number of nitrogens with one attached hydrogen (secondary N) is 1. The minimum Gasteiger partial charge on any atom is -0.486 e. The minimum absolute atomic E-state index is 0.0956. The van der Waals surface area contributed by atoms with Crippen LogP contribution in [-0.4, -0.2) is 51.6 Å². The summed E-state index contributed by atoms with van der Waals surface area (Å²) in [7, 11) is -3.15. The van der Waals surface area contributed by atoms with Gasteiger partial charge >= 0.3 is 6.18 Å². The van der Waals surface area contributed by atoms with Gasteiger partial charge in [-0.3, -0.25) is 4.79 Å². The average Bonchev–Trinajstić information content (AvgIpc) is 2.72. The van der Waals surface area contributed by atoms with Gasteiger partial charge in [-0.25, -0.2) is 8.42 Å². The van der Waals surface area contributed by atoms with Crippen molar-refractivity contribution in [2.75, 3.05) is 20.2 Å². The molecule has 0 bridgehead atoms. The number of likely N-dealkylation sites (N-methyl/N-ethyl adjacent to an activating group) is 1. The van der Waals surface area contributed by atoms with Gasteiger partial charge in [0.05, 0.1) is 23.0 Å². The molecule has 1 heterocycles. The van der Waals surface area contributed by atoms with Gasteiger partial charge in [0.1, 0.15) is 6.61 Å². The van der Waals surface area contributed by atoms with Gasteiger partial charge in [-0.2, -0.15) is 17.9 Å². The van der Waals surface area contributed by atoms with E-state index in [1.807, 2.05) is 4.72 Å². The first-order chi connectivity index (χ1) is 14.5. The molecule has 1 aliphatic rings. The zero-order valence-corrected chi connectivity index (χ0v) is 17.5. The van der Waals surface area contributed by atoms with Crippen molar-refractivity contribution in [1.29, 1.82) is 0 Å². The molecule has 0 aromatic heterocycles. The number of carbonyl (C=O) groups is 1. The van der Waals surface area contributed by atoms with Crippen LogP contribution in [0.25, 0.3) is 0 Å². The Morgan fingerprint density at radius 1 is 1.16 bits per heavy atom. The summed E-state index contributed by atoms with van der Waals surface area (Å²) in [6.45, 7) is 1.55. The number of hydrogen-bond donors (Lipinski definition) is 1. The summed E-state index contributed by atoms with van der Waals surface area (Å²) in [6.07, 6.45) is -5.34. The third-order valence-electron chi connectivity index (χ3n) is 4.61. The van der Waals surface area contributed by atoms with Crippen molar-refractivity contribution in [3.63, 3.8) is 0 Å². The number of sulfonamides is 1. The van der Waals surface area contributed by atoms with Gasteiger partial charge in [0.15, 0.2) is 17.6 Å². The zero-order chi connectivity index (χ0) is 22.8. The maximum atomic E-state index is 13.2. The second-order valence-electron chi connectivity index (χ2n) is 7.05. The van der Waals surface area contributed by atoms with E-state index in [1.165, 1.54) is 24.9 Å². The predicted octanol–water partition coefficient (Wildman–Crippen LogP) is 2.67. The quantitative estimate of drug-likeness (QED) is 0.720. The van der Waals surface area contributed by atoms with Crippen molar-refractivity contribution in [2.45, 2.75) is 30.1 Å². The zero-order valence-electron chi connectivity index (χ0n) is 16.7. The van der Waals surface area contributed by atoms with E-state index < -0.39 is 44.7 Å². The fourth-order valence-electron chi connectivity index (χ4n) is 3.16. The second kappa shape index (κ2) is 8.75. The number of hydrogen-bond acceptors (Lipinski definition) is 5. The Hall–Kier alpha value is -2.79. The van der Waals surface area contributed by atoms with Crippen molar-refractivity contribution >= 4 is 15.9 Å². The number of carbonyl (C=O) groups excluding carboxylic acids is 1. The van der Waals surface area contributed by atoms with Crippen LogP contribution in [-0.2, 0) is 21.0 Å². The number of alkyl halides is 3. The number of fused-ring (bicyclic) bond motifs is 1. The van der Waals surface area contributed by atoms with Gasteiger partial charge in [0.25, 0.3) is 0 Å². The highest BCUT2D eigenvalue weighted by Gasteiger charge is 2.38. The first-order valence-corrected chi connectivity index (χ1v) is 10.8. The van der Waals surface area contributed by atoms with Crippen LogP contribution in [0.2, 0.25) is 0 Å². The molecule has 0 fully saturated rings. The summed E-state index contributed by atoms with van der Waals surface area (Å²) < 4.78 is 78.0. The summed E-state index contributed by atoms with van der Waals surface area (Å²) in [6, 6.07) is 9.52. The van der Waals surface area contributed by atoms with E-state index in [0.717, 1.165) is 12.1 Å². The maximum absolute atomic E-state index is 13.2. The van der Waals surface area contributed by atoms with E-state index in [-0.39, 0.29) is 13.2 Å². The SMILES string of the molecule is C[C@H](NS(=O)(=O)c1ccccc1C(F)(F)F)C(=O)N(C)CC1COc2ccccc2O1. The lowest BCUT2D eigenvalue weighted by Gasteiger charge is -2.30. The summed E-state index contributed by atoms with van der Waals surface area (Å²) in [5.74, 6) is 0.477. The number of ether oxygens (including phenoxy) is 2. The molecule has 2 aromatic rings. The molecule has 3 rings (SSSR count). The van der Waals surface area contributed by atoms with E-state index in [2.05, 4.69) is 0 Å². The number of para-hydroxylation sites is 2. The van der Waals surface area contributed by atoms with E-state index in [9.17, 15) is 26.4 Å². The molecule has 0 saturated carbocycles. The Balaban J connectivity index is 1.66. The van der Waals surface area contributed by atoms with Crippen LogP contribution in [0.15, 0.2) is 53.4 Å². The molecule has 2 aromatic carbocycles. The van der Waals surface area contributed by atoms with Crippen molar-refractivity contribution in [3.05, 3.63) is 54.1 Å². The summed E-state index contributed by atoms with van der Waals surface area (Å²) in [5, 5.41) is 0. The van der Waals surface area contributed by atoms with Crippen molar-refractivity contribution < 1.29 is 35.9 Å². The molecule has 1 unspecified atom stereocenters. The smallest absolute Gasteiger partial charge is 0.417 e. The van der Waals surface area contributed by atoms with Crippen LogP contribution in [0.5, 0.6) is 11.5 Å². The standard InChI is InChI=1S/C20H21F3N2O5S/c1-13(24-31(27,28)18-10-6-3-7-15(18)20(21,22)23)19(26)25(2)11-14-12-29-16-8-4-5-9-17(16)30-14/h3-10,13-14,24H,11-12H2,1-2H3/t13-,14?/m0/s1. The Morgan fingerprint density at radius 2 is 1.77 bits per heavy atom. The fraction of sp³-hybridized carbons (Fsp3) is 0.350. The Bertz CT molecular complexity index is 1060. The number of nitrogens with zero attached hydrogens (tertiary/aromatic N) is 1. The van der Waals surface area contributed by atoms with Crippen LogP contribution >= 0.6 is 0 Å². The summed E-state index contributed by atoms with van der Waals surface area (Å²) in [4.78, 5) is 12.9. The lowest BCUT2D eigenvalue weighted by Crippen LogP contribution is -2.49. The molecule has 0 radical (unpaired) electrons. The molecule has 11 heteroatoms. The molecule has 0 aliphatic carbocycles. The van der Waals surface area contributed by atoms with E-state index >= 15 is 0 Å². The first kappa shape index (κ1) is 22.9. The molecular weight excluding hydrogens is 437 g/mol. The molecule has 0 saturated heterocycles. The molecule has 7 nitrogen and oxygen atoms in total. The van der Waals surface area contributed by atoms with Gasteiger partial charge in [-0.05, 0) is 31.2 Å². The predicted molar refractivity (Wildman–Crippen MR) is 105 cm³/mol.